The molecule has 3 rings (SSSR count). The summed E-state index contributed by atoms with van der Waals surface area (Å²) < 4.78 is 0. The van der Waals surface area contributed by atoms with Gasteiger partial charge in [0.1, 0.15) is 5.70 Å². The van der Waals surface area contributed by atoms with Crippen molar-refractivity contribution in [3.8, 4) is 0 Å². The molecule has 0 saturated heterocycles. The quantitative estimate of drug-likeness (QED) is 0.761. The summed E-state index contributed by atoms with van der Waals surface area (Å²) in [5, 5.41) is 10.9. The lowest BCUT2D eigenvalue weighted by Gasteiger charge is -2.15. The molecule has 1 N–H and O–H groups in total. The number of benzene rings is 1. The van der Waals surface area contributed by atoms with Crippen LogP contribution in [0.5, 0.6) is 0 Å². The molecule has 0 amide bonds. The van der Waals surface area contributed by atoms with Crippen molar-refractivity contribution in [1.29, 1.82) is 0 Å². The highest BCUT2D eigenvalue weighted by Gasteiger charge is 2.24. The van der Waals surface area contributed by atoms with Crippen LogP contribution in [0.1, 0.15) is 6.42 Å². The zero-order valence-corrected chi connectivity index (χ0v) is 9.00. The number of carbonyl (C=O) groups is 1. The number of hydrogen-bond acceptors (Lipinski definition) is 3. The van der Waals surface area contributed by atoms with Crippen molar-refractivity contribution in [2.45, 2.75) is 6.42 Å². The van der Waals surface area contributed by atoms with Crippen molar-refractivity contribution < 1.29 is 9.90 Å². The number of rotatable bonds is 1. The van der Waals surface area contributed by atoms with E-state index in [0.717, 1.165) is 16.3 Å². The van der Waals surface area contributed by atoms with Crippen LogP contribution in [0.3, 0.4) is 0 Å². The average molecular weight is 226 g/mol. The summed E-state index contributed by atoms with van der Waals surface area (Å²) in [4.78, 5) is 17.1. The third-order valence-corrected chi connectivity index (χ3v) is 2.85. The van der Waals surface area contributed by atoms with Gasteiger partial charge in [0.15, 0.2) is 0 Å². The van der Waals surface area contributed by atoms with Gasteiger partial charge in [0.25, 0.3) is 0 Å². The number of carboxylic acids is 1. The number of allylic oxidation sites excluding steroid dienone is 1. The lowest BCUT2D eigenvalue weighted by Crippen LogP contribution is -2.27. The zero-order chi connectivity index (χ0) is 11.8. The van der Waals surface area contributed by atoms with E-state index in [-0.39, 0.29) is 0 Å². The largest absolute Gasteiger partial charge is 0.477 e. The molecule has 4 nitrogen and oxygen atoms in total. The molecule has 4 heteroatoms. The van der Waals surface area contributed by atoms with Crippen LogP contribution in [0, 0.1) is 0 Å². The van der Waals surface area contributed by atoms with E-state index >= 15 is 0 Å². The van der Waals surface area contributed by atoms with Crippen LogP contribution >= 0.6 is 0 Å². The predicted molar refractivity (Wildman–Crippen MR) is 61.9 cm³/mol. The summed E-state index contributed by atoms with van der Waals surface area (Å²) in [5.41, 5.74) is 1.18. The van der Waals surface area contributed by atoms with E-state index in [1.165, 1.54) is 0 Å². The third kappa shape index (κ3) is 1.54. The topological polar surface area (TPSA) is 52.9 Å². The molecule has 0 unspecified atom stereocenters. The first kappa shape index (κ1) is 9.84. The van der Waals surface area contributed by atoms with Crippen molar-refractivity contribution in [3.63, 3.8) is 0 Å². The van der Waals surface area contributed by atoms with Gasteiger partial charge in [-0.15, -0.1) is 0 Å². The van der Waals surface area contributed by atoms with Gasteiger partial charge in [-0.25, -0.2) is 4.79 Å². The van der Waals surface area contributed by atoms with Gasteiger partial charge in [-0.05, 0) is 12.1 Å². The van der Waals surface area contributed by atoms with Gasteiger partial charge in [-0.2, -0.15) is 0 Å². The minimum absolute atomic E-state index is 0.295. The summed E-state index contributed by atoms with van der Waals surface area (Å²) in [5.74, 6) is -0.913. The lowest BCUT2D eigenvalue weighted by atomic mass is 10.3. The maximum Gasteiger partial charge on any atom is 0.352 e. The van der Waals surface area contributed by atoms with Gasteiger partial charge in [-0.3, -0.25) is 4.99 Å². The van der Waals surface area contributed by atoms with Crippen LogP contribution in [-0.4, -0.2) is 16.0 Å². The van der Waals surface area contributed by atoms with E-state index in [1.54, 1.807) is 17.2 Å². The second kappa shape index (κ2) is 3.59. The summed E-state index contributed by atoms with van der Waals surface area (Å²) in [6.07, 6.45) is 5.86. The van der Waals surface area contributed by atoms with E-state index < -0.39 is 5.97 Å². The molecule has 0 radical (unpaired) electrons. The maximum atomic E-state index is 11.1. The summed E-state index contributed by atoms with van der Waals surface area (Å²) in [6, 6.07) is 7.66. The highest BCUT2D eigenvalue weighted by molar-refractivity contribution is 5.88. The number of hydrogen-bond donors (Lipinski definition) is 1. The maximum absolute atomic E-state index is 11.1. The van der Waals surface area contributed by atoms with Crippen molar-refractivity contribution in [3.05, 3.63) is 58.5 Å². The van der Waals surface area contributed by atoms with Crippen LogP contribution in [0.15, 0.2) is 52.9 Å². The normalized spacial score (nSPS) is 16.8. The van der Waals surface area contributed by atoms with Crippen LogP contribution in [0.2, 0.25) is 0 Å². The summed E-state index contributed by atoms with van der Waals surface area (Å²) in [6.45, 7) is 0. The molecule has 0 aliphatic carbocycles. The second-order valence-electron chi connectivity index (χ2n) is 3.91. The molecule has 2 heterocycles. The van der Waals surface area contributed by atoms with E-state index in [2.05, 4.69) is 4.99 Å². The van der Waals surface area contributed by atoms with E-state index in [9.17, 15) is 4.79 Å². The standard InChI is InChI=1S/C13H10N2O2/c16-13(17)12-6-5-10-7-14-11-4-2-1-3-9(11)8-15(10)12/h1-4,6-8H,5H2,(H,16,17). The Morgan fingerprint density at radius 2 is 2.18 bits per heavy atom. The average Bonchev–Trinajstić information content (AvgIpc) is 2.63. The highest BCUT2D eigenvalue weighted by atomic mass is 16.4. The Balaban J connectivity index is 2.20. The lowest BCUT2D eigenvalue weighted by molar-refractivity contribution is -0.133. The minimum atomic E-state index is -0.913. The van der Waals surface area contributed by atoms with Crippen LogP contribution in [-0.2, 0) is 4.79 Å². The van der Waals surface area contributed by atoms with Gasteiger partial charge >= 0.3 is 5.97 Å². The smallest absolute Gasteiger partial charge is 0.352 e. The van der Waals surface area contributed by atoms with Gasteiger partial charge < -0.3 is 10.0 Å². The second-order valence-corrected chi connectivity index (χ2v) is 3.91. The molecule has 84 valence electrons. The Kier molecular flexibility index (Phi) is 2.08. The molecule has 2 aliphatic heterocycles. The van der Waals surface area contributed by atoms with E-state index in [0.29, 0.717) is 12.1 Å². The molecule has 2 aliphatic rings. The molecule has 0 bridgehead atoms. The minimum Gasteiger partial charge on any atom is -0.477 e. The van der Waals surface area contributed by atoms with Gasteiger partial charge in [-0.1, -0.05) is 18.2 Å². The molecule has 17 heavy (non-hydrogen) atoms. The molecular formula is C13H10N2O2. The number of para-hydroxylation sites is 1. The van der Waals surface area contributed by atoms with E-state index in [4.69, 9.17) is 5.11 Å². The van der Waals surface area contributed by atoms with Gasteiger partial charge in [0.05, 0.1) is 5.36 Å². The van der Waals surface area contributed by atoms with Crippen molar-refractivity contribution in [1.82, 2.24) is 4.90 Å². The molecule has 0 atom stereocenters. The fraction of sp³-hybridized carbons (Fsp3) is 0.0769. The van der Waals surface area contributed by atoms with Crippen LogP contribution in [0.4, 0.5) is 0 Å². The monoisotopic (exact) mass is 226 g/mol. The van der Waals surface area contributed by atoms with Gasteiger partial charge in [0, 0.05) is 29.7 Å². The molecule has 0 spiro atoms. The number of carboxylic acid groups (broad SMARTS) is 1. The molecule has 1 aromatic carbocycles. The van der Waals surface area contributed by atoms with Crippen molar-refractivity contribution >= 4 is 12.2 Å². The fourth-order valence-electron chi connectivity index (χ4n) is 2.01. The van der Waals surface area contributed by atoms with Crippen molar-refractivity contribution in [2.24, 2.45) is 4.99 Å². The van der Waals surface area contributed by atoms with Crippen molar-refractivity contribution in [2.75, 3.05) is 0 Å². The highest BCUT2D eigenvalue weighted by Crippen LogP contribution is 2.26. The number of aliphatic carboxylic acids is 1. The number of nitrogens with zero attached hydrogens (tertiary/aromatic N) is 2. The fourth-order valence-corrected chi connectivity index (χ4v) is 2.01. The molecule has 0 saturated carbocycles. The zero-order valence-electron chi connectivity index (χ0n) is 9.00. The third-order valence-electron chi connectivity index (χ3n) is 2.85. The first-order valence-corrected chi connectivity index (χ1v) is 5.32. The Morgan fingerprint density at radius 1 is 1.35 bits per heavy atom. The molecular weight excluding hydrogens is 216 g/mol. The number of fused-ring (bicyclic) bond motifs is 2. The molecule has 0 aromatic heterocycles. The molecule has 1 aromatic rings. The van der Waals surface area contributed by atoms with Crippen LogP contribution in [0.25, 0.3) is 6.20 Å². The van der Waals surface area contributed by atoms with Gasteiger partial charge in [0.2, 0.25) is 0 Å². The Hall–Kier alpha value is -2.36. The van der Waals surface area contributed by atoms with E-state index in [1.807, 2.05) is 30.5 Å². The SMILES string of the molecule is O=C(O)C1=CCC2=CN=c3ccccc3=CN21. The first-order valence-electron chi connectivity index (χ1n) is 5.32. The summed E-state index contributed by atoms with van der Waals surface area (Å²) >= 11 is 0. The Morgan fingerprint density at radius 3 is 3.00 bits per heavy atom. The Bertz CT molecular complexity index is 671. The summed E-state index contributed by atoms with van der Waals surface area (Å²) in [7, 11) is 0. The first-order chi connectivity index (χ1) is 8.25. The Labute approximate surface area is 97.5 Å². The molecule has 0 fully saturated rings. The predicted octanol–water partition coefficient (Wildman–Crippen LogP) is 0.573. The van der Waals surface area contributed by atoms with Crippen LogP contribution < -0.4 is 10.6 Å².